The summed E-state index contributed by atoms with van der Waals surface area (Å²) in [5.41, 5.74) is 1.55. The van der Waals surface area contributed by atoms with Crippen LogP contribution < -0.4 is 10.1 Å². The number of aromatic hydroxyl groups is 2. The molecule has 0 spiro atoms. The standard InChI is InChI=1S/C17H15N3O4/c1-24-16-5-3-2-4-12(16)18-17(23)14-9-13(19-20-14)11-7-6-10(21)8-15(11)22/h2-9,21-22H,1H3,(H,18,23)(H,19,20). The molecule has 7 heteroatoms. The van der Waals surface area contributed by atoms with E-state index in [9.17, 15) is 15.0 Å². The lowest BCUT2D eigenvalue weighted by Gasteiger charge is -2.08. The number of carbonyl (C=O) groups is 1. The highest BCUT2D eigenvalue weighted by molar-refractivity contribution is 6.04. The Labute approximate surface area is 137 Å². The summed E-state index contributed by atoms with van der Waals surface area (Å²) < 4.78 is 5.19. The second-order valence-corrected chi connectivity index (χ2v) is 5.02. The lowest BCUT2D eigenvalue weighted by atomic mass is 10.1. The molecule has 0 aliphatic heterocycles. The van der Waals surface area contributed by atoms with Crippen molar-refractivity contribution in [1.29, 1.82) is 0 Å². The molecule has 0 fully saturated rings. The van der Waals surface area contributed by atoms with Crippen molar-refractivity contribution in [2.75, 3.05) is 12.4 Å². The Morgan fingerprint density at radius 1 is 1.17 bits per heavy atom. The second kappa shape index (κ2) is 6.33. The van der Waals surface area contributed by atoms with E-state index in [2.05, 4.69) is 15.5 Å². The van der Waals surface area contributed by atoms with E-state index in [0.29, 0.717) is 22.7 Å². The van der Waals surface area contributed by atoms with E-state index in [0.717, 1.165) is 0 Å². The van der Waals surface area contributed by atoms with Crippen LogP contribution in [-0.4, -0.2) is 33.4 Å². The normalized spacial score (nSPS) is 10.4. The highest BCUT2D eigenvalue weighted by atomic mass is 16.5. The molecule has 0 aliphatic carbocycles. The highest BCUT2D eigenvalue weighted by Gasteiger charge is 2.15. The largest absolute Gasteiger partial charge is 0.508 e. The summed E-state index contributed by atoms with van der Waals surface area (Å²) >= 11 is 0. The van der Waals surface area contributed by atoms with Crippen molar-refractivity contribution in [3.63, 3.8) is 0 Å². The van der Waals surface area contributed by atoms with Crippen molar-refractivity contribution in [3.8, 4) is 28.5 Å². The summed E-state index contributed by atoms with van der Waals surface area (Å²) in [4.78, 5) is 12.3. The summed E-state index contributed by atoms with van der Waals surface area (Å²) in [5, 5.41) is 28.6. The summed E-state index contributed by atoms with van der Waals surface area (Å²) in [5.74, 6) is -0.0302. The van der Waals surface area contributed by atoms with Crippen LogP contribution in [0.15, 0.2) is 48.5 Å². The van der Waals surface area contributed by atoms with Gasteiger partial charge in [0.15, 0.2) is 0 Å². The van der Waals surface area contributed by atoms with Gasteiger partial charge >= 0.3 is 0 Å². The number of phenolic OH excluding ortho intramolecular Hbond substituents is 2. The van der Waals surface area contributed by atoms with Gasteiger partial charge in [-0.3, -0.25) is 9.89 Å². The van der Waals surface area contributed by atoms with E-state index < -0.39 is 5.91 Å². The molecular weight excluding hydrogens is 310 g/mol. The van der Waals surface area contributed by atoms with Gasteiger partial charge in [-0.25, -0.2) is 0 Å². The van der Waals surface area contributed by atoms with Crippen LogP contribution in [-0.2, 0) is 0 Å². The molecule has 0 bridgehead atoms. The minimum Gasteiger partial charge on any atom is -0.508 e. The molecule has 7 nitrogen and oxygen atoms in total. The van der Waals surface area contributed by atoms with Crippen LogP contribution in [0.3, 0.4) is 0 Å². The maximum Gasteiger partial charge on any atom is 0.273 e. The maximum atomic E-state index is 12.3. The van der Waals surface area contributed by atoms with Crippen LogP contribution in [0.2, 0.25) is 0 Å². The number of rotatable bonds is 4. The molecule has 3 rings (SSSR count). The Morgan fingerprint density at radius 3 is 2.71 bits per heavy atom. The Morgan fingerprint density at radius 2 is 1.96 bits per heavy atom. The molecule has 0 aliphatic rings. The van der Waals surface area contributed by atoms with E-state index in [4.69, 9.17) is 4.74 Å². The van der Waals surface area contributed by atoms with E-state index >= 15 is 0 Å². The number of hydrogen-bond donors (Lipinski definition) is 4. The number of anilines is 1. The fourth-order valence-electron chi connectivity index (χ4n) is 2.25. The number of aromatic nitrogens is 2. The zero-order valence-electron chi connectivity index (χ0n) is 12.8. The van der Waals surface area contributed by atoms with Crippen LogP contribution in [0, 0.1) is 0 Å². The van der Waals surface area contributed by atoms with Crippen LogP contribution in [0.25, 0.3) is 11.3 Å². The molecule has 0 radical (unpaired) electrons. The average Bonchev–Trinajstić information content (AvgIpc) is 3.05. The molecule has 0 atom stereocenters. The number of para-hydroxylation sites is 2. The van der Waals surface area contributed by atoms with Gasteiger partial charge in [0.25, 0.3) is 5.91 Å². The van der Waals surface area contributed by atoms with E-state index in [1.54, 1.807) is 24.3 Å². The lowest BCUT2D eigenvalue weighted by Crippen LogP contribution is -2.13. The highest BCUT2D eigenvalue weighted by Crippen LogP contribution is 2.31. The zero-order valence-corrected chi connectivity index (χ0v) is 12.8. The number of aromatic amines is 1. The smallest absolute Gasteiger partial charge is 0.273 e. The van der Waals surface area contributed by atoms with Gasteiger partial charge < -0.3 is 20.3 Å². The van der Waals surface area contributed by atoms with Crippen molar-refractivity contribution in [2.24, 2.45) is 0 Å². The van der Waals surface area contributed by atoms with Crippen molar-refractivity contribution in [2.45, 2.75) is 0 Å². The minimum atomic E-state index is -0.392. The molecule has 2 aromatic carbocycles. The summed E-state index contributed by atoms with van der Waals surface area (Å²) in [6.45, 7) is 0. The third-order valence-corrected chi connectivity index (χ3v) is 3.43. The first kappa shape index (κ1) is 15.4. The molecule has 4 N–H and O–H groups in total. The average molecular weight is 325 g/mol. The molecule has 24 heavy (non-hydrogen) atoms. The van der Waals surface area contributed by atoms with Crippen molar-refractivity contribution in [1.82, 2.24) is 10.2 Å². The van der Waals surface area contributed by atoms with E-state index in [1.165, 1.54) is 31.4 Å². The van der Waals surface area contributed by atoms with Gasteiger partial charge in [-0.2, -0.15) is 5.10 Å². The van der Waals surface area contributed by atoms with Crippen molar-refractivity contribution < 1.29 is 19.7 Å². The van der Waals surface area contributed by atoms with Gasteiger partial charge in [0.05, 0.1) is 18.5 Å². The fraction of sp³-hybridized carbons (Fsp3) is 0.0588. The first-order valence-corrected chi connectivity index (χ1v) is 7.10. The van der Waals surface area contributed by atoms with Gasteiger partial charge in [-0.05, 0) is 30.3 Å². The van der Waals surface area contributed by atoms with Crippen LogP contribution >= 0.6 is 0 Å². The number of nitrogens with zero attached hydrogens (tertiary/aromatic N) is 1. The molecular formula is C17H15N3O4. The first-order valence-electron chi connectivity index (χ1n) is 7.10. The number of ether oxygens (including phenoxy) is 1. The Hall–Kier alpha value is -3.48. The minimum absolute atomic E-state index is 0.0547. The predicted octanol–water partition coefficient (Wildman–Crippen LogP) is 2.75. The van der Waals surface area contributed by atoms with Gasteiger partial charge in [-0.15, -0.1) is 0 Å². The number of carbonyl (C=O) groups excluding carboxylic acids is 1. The number of phenols is 2. The van der Waals surface area contributed by atoms with E-state index in [-0.39, 0.29) is 17.2 Å². The number of methoxy groups -OCH3 is 1. The van der Waals surface area contributed by atoms with E-state index in [1.807, 2.05) is 0 Å². The summed E-state index contributed by atoms with van der Waals surface area (Å²) in [6, 6.07) is 12.7. The molecule has 0 saturated carbocycles. The van der Waals surface area contributed by atoms with Gasteiger partial charge in [-0.1, -0.05) is 12.1 Å². The van der Waals surface area contributed by atoms with Crippen molar-refractivity contribution in [3.05, 3.63) is 54.2 Å². The summed E-state index contributed by atoms with van der Waals surface area (Å²) in [6.07, 6.45) is 0. The topological polar surface area (TPSA) is 107 Å². The monoisotopic (exact) mass is 325 g/mol. The molecule has 0 saturated heterocycles. The molecule has 122 valence electrons. The third kappa shape index (κ3) is 3.00. The van der Waals surface area contributed by atoms with Gasteiger partial charge in [0.2, 0.25) is 0 Å². The predicted molar refractivity (Wildman–Crippen MR) is 88.3 cm³/mol. The van der Waals surface area contributed by atoms with Gasteiger partial charge in [0.1, 0.15) is 22.9 Å². The first-order chi connectivity index (χ1) is 11.6. The molecule has 1 heterocycles. The molecule has 3 aromatic rings. The molecule has 1 amide bonds. The Balaban J connectivity index is 1.83. The molecule has 0 unspecified atom stereocenters. The number of nitrogens with one attached hydrogen (secondary N) is 2. The van der Waals surface area contributed by atoms with Gasteiger partial charge in [0, 0.05) is 11.6 Å². The van der Waals surface area contributed by atoms with Crippen molar-refractivity contribution >= 4 is 11.6 Å². The van der Waals surface area contributed by atoms with Crippen LogP contribution in [0.4, 0.5) is 5.69 Å². The SMILES string of the molecule is COc1ccccc1NC(=O)c1cc(-c2ccc(O)cc2O)n[nH]1. The zero-order chi connectivity index (χ0) is 17.1. The quantitative estimate of drug-likeness (QED) is 0.590. The molecule has 1 aromatic heterocycles. The Kier molecular flexibility index (Phi) is 4.07. The number of hydrogen-bond acceptors (Lipinski definition) is 5. The van der Waals surface area contributed by atoms with Crippen LogP contribution in [0.5, 0.6) is 17.2 Å². The lowest BCUT2D eigenvalue weighted by molar-refractivity contribution is 0.102. The third-order valence-electron chi connectivity index (χ3n) is 3.43. The Bertz CT molecular complexity index is 889. The fourth-order valence-corrected chi connectivity index (χ4v) is 2.25. The number of benzene rings is 2. The summed E-state index contributed by atoms with van der Waals surface area (Å²) in [7, 11) is 1.52. The second-order valence-electron chi connectivity index (χ2n) is 5.02. The maximum absolute atomic E-state index is 12.3. The van der Waals surface area contributed by atoms with Crippen LogP contribution in [0.1, 0.15) is 10.5 Å². The number of amides is 1. The number of H-pyrrole nitrogens is 1.